The number of amides is 1. The second kappa shape index (κ2) is 7.06. The molecule has 2 N–H and O–H groups in total. The van der Waals surface area contributed by atoms with Gasteiger partial charge in [-0.05, 0) is 26.2 Å². The molecule has 0 aliphatic carbocycles. The summed E-state index contributed by atoms with van der Waals surface area (Å²) < 4.78 is 24.7. The van der Waals surface area contributed by atoms with Crippen molar-refractivity contribution in [1.82, 2.24) is 9.62 Å². The van der Waals surface area contributed by atoms with Crippen LogP contribution in [-0.2, 0) is 14.8 Å². The van der Waals surface area contributed by atoms with Crippen molar-refractivity contribution < 1.29 is 18.3 Å². The van der Waals surface area contributed by atoms with Gasteiger partial charge in [0, 0.05) is 32.2 Å². The molecule has 0 aromatic rings. The van der Waals surface area contributed by atoms with Gasteiger partial charge < -0.3 is 10.4 Å². The first-order chi connectivity index (χ1) is 8.51. The molecule has 0 aromatic carbocycles. The Bertz CT molecular complexity index is 361. The lowest BCUT2D eigenvalue weighted by atomic mass is 9.97. The van der Waals surface area contributed by atoms with Gasteiger partial charge in [-0.2, -0.15) is 0 Å². The van der Waals surface area contributed by atoms with Crippen LogP contribution < -0.4 is 5.32 Å². The summed E-state index contributed by atoms with van der Waals surface area (Å²) in [6.45, 7) is 3.02. The molecule has 1 saturated heterocycles. The number of rotatable bonds is 6. The summed E-state index contributed by atoms with van der Waals surface area (Å²) in [4.78, 5) is 11.7. The van der Waals surface area contributed by atoms with Gasteiger partial charge in [-0.15, -0.1) is 0 Å². The molecular weight excluding hydrogens is 256 g/mol. The van der Waals surface area contributed by atoms with Crippen molar-refractivity contribution in [2.45, 2.75) is 26.2 Å². The molecule has 0 bridgehead atoms. The maximum atomic E-state index is 11.7. The molecule has 0 aromatic heterocycles. The molecule has 106 valence electrons. The van der Waals surface area contributed by atoms with E-state index in [1.165, 1.54) is 4.31 Å². The topological polar surface area (TPSA) is 86.7 Å². The van der Waals surface area contributed by atoms with Crippen LogP contribution in [0.2, 0.25) is 0 Å². The summed E-state index contributed by atoms with van der Waals surface area (Å²) >= 11 is 0. The van der Waals surface area contributed by atoms with Crippen LogP contribution in [0.4, 0.5) is 0 Å². The van der Waals surface area contributed by atoms with E-state index in [1.54, 1.807) is 6.92 Å². The molecule has 0 radical (unpaired) electrons. The first-order valence-electron chi connectivity index (χ1n) is 6.37. The quantitative estimate of drug-likeness (QED) is 0.644. The second-order valence-electron chi connectivity index (χ2n) is 4.44. The van der Waals surface area contributed by atoms with Gasteiger partial charge in [0.05, 0.1) is 5.75 Å². The SMILES string of the molecule is CCS(=O)(=O)N1CCC(C(=O)NCCCO)CC1. The molecule has 0 spiro atoms. The first-order valence-corrected chi connectivity index (χ1v) is 7.98. The predicted octanol–water partition coefficient (Wildman–Crippen LogP) is -0.453. The Kier molecular flexibility index (Phi) is 6.04. The van der Waals surface area contributed by atoms with E-state index in [0.717, 1.165) is 0 Å². The molecular formula is C11H22N2O4S. The summed E-state index contributed by atoms with van der Waals surface area (Å²) in [7, 11) is -3.12. The number of carbonyl (C=O) groups excluding carboxylic acids is 1. The highest BCUT2D eigenvalue weighted by molar-refractivity contribution is 7.89. The third-order valence-corrected chi connectivity index (χ3v) is 5.10. The number of nitrogens with one attached hydrogen (secondary N) is 1. The molecule has 0 saturated carbocycles. The standard InChI is InChI=1S/C11H22N2O4S/c1-2-18(16,17)13-7-4-10(5-8-13)11(15)12-6-3-9-14/h10,14H,2-9H2,1H3,(H,12,15). The molecule has 0 unspecified atom stereocenters. The van der Waals surface area contributed by atoms with Crippen LogP contribution in [0.15, 0.2) is 0 Å². The maximum absolute atomic E-state index is 11.7. The fourth-order valence-electron chi connectivity index (χ4n) is 2.01. The number of aliphatic hydroxyl groups excluding tert-OH is 1. The average Bonchev–Trinajstić information content (AvgIpc) is 2.39. The highest BCUT2D eigenvalue weighted by Crippen LogP contribution is 2.19. The lowest BCUT2D eigenvalue weighted by Crippen LogP contribution is -2.43. The second-order valence-corrected chi connectivity index (χ2v) is 6.70. The molecule has 18 heavy (non-hydrogen) atoms. The van der Waals surface area contributed by atoms with E-state index in [1.807, 2.05) is 0 Å². The van der Waals surface area contributed by atoms with Crippen molar-refractivity contribution in [3.63, 3.8) is 0 Å². The Hall–Kier alpha value is -0.660. The average molecular weight is 278 g/mol. The number of sulfonamides is 1. The fraction of sp³-hybridized carbons (Fsp3) is 0.909. The first kappa shape index (κ1) is 15.4. The molecule has 1 amide bonds. The lowest BCUT2D eigenvalue weighted by Gasteiger charge is -2.30. The van der Waals surface area contributed by atoms with Crippen molar-refractivity contribution in [2.24, 2.45) is 5.92 Å². The highest BCUT2D eigenvalue weighted by atomic mass is 32.2. The highest BCUT2D eigenvalue weighted by Gasteiger charge is 2.29. The zero-order valence-corrected chi connectivity index (χ0v) is 11.6. The Morgan fingerprint density at radius 2 is 2.00 bits per heavy atom. The number of hydrogen-bond acceptors (Lipinski definition) is 4. The van der Waals surface area contributed by atoms with Crippen LogP contribution in [0.1, 0.15) is 26.2 Å². The molecule has 0 atom stereocenters. The van der Waals surface area contributed by atoms with Crippen LogP contribution in [0.5, 0.6) is 0 Å². The molecule has 1 rings (SSSR count). The molecule has 1 fully saturated rings. The van der Waals surface area contributed by atoms with E-state index in [-0.39, 0.29) is 24.2 Å². The lowest BCUT2D eigenvalue weighted by molar-refractivity contribution is -0.126. The van der Waals surface area contributed by atoms with Gasteiger partial charge in [-0.1, -0.05) is 0 Å². The molecule has 1 heterocycles. The molecule has 1 aliphatic rings. The summed E-state index contributed by atoms with van der Waals surface area (Å²) in [5, 5.41) is 11.4. The van der Waals surface area contributed by atoms with E-state index < -0.39 is 10.0 Å². The Morgan fingerprint density at radius 3 is 2.50 bits per heavy atom. The predicted molar refractivity (Wildman–Crippen MR) is 68.5 cm³/mol. The molecule has 7 heteroatoms. The van der Waals surface area contributed by atoms with Gasteiger partial charge in [0.15, 0.2) is 0 Å². The number of carbonyl (C=O) groups is 1. The van der Waals surface area contributed by atoms with Crippen molar-refractivity contribution in [1.29, 1.82) is 0 Å². The summed E-state index contributed by atoms with van der Waals surface area (Å²) in [6, 6.07) is 0. The molecule has 1 aliphatic heterocycles. The van der Waals surface area contributed by atoms with Gasteiger partial charge in [-0.25, -0.2) is 12.7 Å². The fourth-order valence-corrected chi connectivity index (χ4v) is 3.15. The number of piperidine rings is 1. The Labute approximate surface area is 108 Å². The Morgan fingerprint density at radius 1 is 1.39 bits per heavy atom. The maximum Gasteiger partial charge on any atom is 0.223 e. The van der Waals surface area contributed by atoms with Crippen molar-refractivity contribution in [3.05, 3.63) is 0 Å². The van der Waals surface area contributed by atoms with Crippen molar-refractivity contribution >= 4 is 15.9 Å². The van der Waals surface area contributed by atoms with Crippen LogP contribution in [0.25, 0.3) is 0 Å². The zero-order valence-electron chi connectivity index (χ0n) is 10.8. The minimum absolute atomic E-state index is 0.0306. The summed E-state index contributed by atoms with van der Waals surface area (Å²) in [6.07, 6.45) is 1.70. The number of nitrogens with zero attached hydrogens (tertiary/aromatic N) is 1. The minimum atomic E-state index is -3.12. The molecule has 6 nitrogen and oxygen atoms in total. The van der Waals surface area contributed by atoms with Gasteiger partial charge in [-0.3, -0.25) is 4.79 Å². The van der Waals surface area contributed by atoms with E-state index in [2.05, 4.69) is 5.32 Å². The van der Waals surface area contributed by atoms with E-state index >= 15 is 0 Å². The summed E-state index contributed by atoms with van der Waals surface area (Å²) in [5.41, 5.74) is 0. The van der Waals surface area contributed by atoms with Crippen LogP contribution in [-0.4, -0.2) is 55.7 Å². The van der Waals surface area contributed by atoms with Crippen LogP contribution >= 0.6 is 0 Å². The monoisotopic (exact) mass is 278 g/mol. The van der Waals surface area contributed by atoms with Crippen LogP contribution in [0.3, 0.4) is 0 Å². The Balaban J connectivity index is 2.37. The van der Waals surface area contributed by atoms with Crippen LogP contribution in [0, 0.1) is 5.92 Å². The van der Waals surface area contributed by atoms with Gasteiger partial charge >= 0.3 is 0 Å². The van der Waals surface area contributed by atoms with Gasteiger partial charge in [0.25, 0.3) is 0 Å². The number of aliphatic hydroxyl groups is 1. The van der Waals surface area contributed by atoms with Crippen molar-refractivity contribution in [2.75, 3.05) is 32.0 Å². The smallest absolute Gasteiger partial charge is 0.223 e. The third-order valence-electron chi connectivity index (χ3n) is 3.22. The van der Waals surface area contributed by atoms with Crippen molar-refractivity contribution in [3.8, 4) is 0 Å². The van der Waals surface area contributed by atoms with E-state index in [4.69, 9.17) is 5.11 Å². The van der Waals surface area contributed by atoms with E-state index in [9.17, 15) is 13.2 Å². The minimum Gasteiger partial charge on any atom is -0.396 e. The van der Waals surface area contributed by atoms with E-state index in [0.29, 0.717) is 38.9 Å². The number of hydrogen-bond donors (Lipinski definition) is 2. The van der Waals surface area contributed by atoms with Gasteiger partial charge in [0.1, 0.15) is 0 Å². The summed E-state index contributed by atoms with van der Waals surface area (Å²) in [5.74, 6) is -0.0237. The third kappa shape index (κ3) is 4.22. The largest absolute Gasteiger partial charge is 0.396 e. The van der Waals surface area contributed by atoms with Gasteiger partial charge in [0.2, 0.25) is 15.9 Å². The normalized spacial score (nSPS) is 18.8. The zero-order chi connectivity index (χ0) is 13.6.